The number of carbonyl (C=O) groups excluding carboxylic acids is 1. The maximum Gasteiger partial charge on any atom is 0.170 e. The van der Waals surface area contributed by atoms with E-state index in [4.69, 9.17) is 4.84 Å². The van der Waals surface area contributed by atoms with Gasteiger partial charge in [0.15, 0.2) is 11.5 Å². The van der Waals surface area contributed by atoms with E-state index in [0.29, 0.717) is 11.1 Å². The van der Waals surface area contributed by atoms with E-state index >= 15 is 0 Å². The van der Waals surface area contributed by atoms with E-state index in [9.17, 15) is 4.79 Å². The van der Waals surface area contributed by atoms with Crippen molar-refractivity contribution in [3.63, 3.8) is 0 Å². The van der Waals surface area contributed by atoms with Crippen LogP contribution in [0.1, 0.15) is 40.0 Å². The van der Waals surface area contributed by atoms with Crippen LogP contribution in [0.2, 0.25) is 0 Å². The molecule has 0 N–H and O–H groups in total. The Hall–Kier alpha value is -0.830. The summed E-state index contributed by atoms with van der Waals surface area (Å²) in [5.41, 5.74) is 0. The van der Waals surface area contributed by atoms with Crippen LogP contribution in [0.15, 0.2) is 11.8 Å². The number of quaternary nitrogens is 1. The van der Waals surface area contributed by atoms with E-state index in [1.54, 1.807) is 6.08 Å². The van der Waals surface area contributed by atoms with Crippen molar-refractivity contribution in [2.75, 3.05) is 19.6 Å². The molecular formula is C12H22NO2+. The van der Waals surface area contributed by atoms with Crippen molar-refractivity contribution in [3.05, 3.63) is 11.8 Å². The first-order chi connectivity index (χ1) is 7.15. The topological polar surface area (TPSA) is 26.3 Å². The number of hydrogen-bond donors (Lipinski definition) is 0. The molecule has 0 aromatic heterocycles. The third kappa shape index (κ3) is 3.06. The van der Waals surface area contributed by atoms with Crippen LogP contribution in [0.5, 0.6) is 0 Å². The number of allylic oxidation sites excluding steroid dienone is 2. The summed E-state index contributed by atoms with van der Waals surface area (Å²) in [5, 5.41) is 0. The molecule has 0 aromatic rings. The van der Waals surface area contributed by atoms with Gasteiger partial charge >= 0.3 is 0 Å². The Morgan fingerprint density at radius 2 is 1.80 bits per heavy atom. The molecule has 0 heterocycles. The summed E-state index contributed by atoms with van der Waals surface area (Å²) >= 11 is 0. The van der Waals surface area contributed by atoms with Crippen molar-refractivity contribution >= 4 is 5.78 Å². The smallest absolute Gasteiger partial charge is 0.170 e. The van der Waals surface area contributed by atoms with Crippen molar-refractivity contribution in [2.45, 2.75) is 40.0 Å². The van der Waals surface area contributed by atoms with Crippen LogP contribution in [-0.4, -0.2) is 30.1 Å². The molecular weight excluding hydrogens is 190 g/mol. The molecule has 1 rings (SSSR count). The molecule has 0 amide bonds. The van der Waals surface area contributed by atoms with Gasteiger partial charge in [-0.2, -0.15) is 0 Å². The van der Waals surface area contributed by atoms with E-state index < -0.39 is 0 Å². The number of hydroxylamine groups is 3. The van der Waals surface area contributed by atoms with E-state index in [1.165, 1.54) is 0 Å². The standard InChI is InChI=1S/C12H22NO2/c1-4-13(5-2,6-3)15-12-9-7-8-11(14)10-12/h10H,4-9H2,1-3H3/q+1. The highest BCUT2D eigenvalue weighted by Gasteiger charge is 2.26. The summed E-state index contributed by atoms with van der Waals surface area (Å²) in [6.45, 7) is 9.20. The van der Waals surface area contributed by atoms with Crippen molar-refractivity contribution in [1.29, 1.82) is 0 Å². The number of nitrogens with zero attached hydrogens (tertiary/aromatic N) is 1. The highest BCUT2D eigenvalue weighted by molar-refractivity contribution is 5.90. The SMILES string of the molecule is CC[N+](CC)(CC)OC1=CC(=O)CCC1. The molecule has 0 spiro atoms. The molecule has 1 aliphatic rings. The van der Waals surface area contributed by atoms with Crippen LogP contribution >= 0.6 is 0 Å². The Kier molecular flexibility index (Phi) is 4.33. The normalized spacial score (nSPS) is 17.5. The Labute approximate surface area is 92.3 Å². The molecule has 0 fully saturated rings. The fraction of sp³-hybridized carbons (Fsp3) is 0.750. The van der Waals surface area contributed by atoms with Crippen molar-refractivity contribution in [1.82, 2.24) is 0 Å². The molecule has 3 nitrogen and oxygen atoms in total. The largest absolute Gasteiger partial charge is 0.320 e. The molecule has 0 saturated heterocycles. The summed E-state index contributed by atoms with van der Waals surface area (Å²) in [7, 11) is 0. The fourth-order valence-corrected chi connectivity index (χ4v) is 1.95. The minimum atomic E-state index is 0.206. The maximum atomic E-state index is 11.3. The average molecular weight is 212 g/mol. The van der Waals surface area contributed by atoms with Gasteiger partial charge < -0.3 is 4.84 Å². The van der Waals surface area contributed by atoms with Gasteiger partial charge in [-0.1, -0.05) is 0 Å². The monoisotopic (exact) mass is 212 g/mol. The Bertz CT molecular complexity index is 246. The lowest BCUT2D eigenvalue weighted by Gasteiger charge is -2.34. The molecule has 0 saturated carbocycles. The maximum absolute atomic E-state index is 11.3. The van der Waals surface area contributed by atoms with Crippen LogP contribution in [0.3, 0.4) is 0 Å². The van der Waals surface area contributed by atoms with Gasteiger partial charge in [0.05, 0.1) is 0 Å². The van der Waals surface area contributed by atoms with Crippen molar-refractivity contribution in [2.24, 2.45) is 0 Å². The van der Waals surface area contributed by atoms with Gasteiger partial charge in [0.1, 0.15) is 19.6 Å². The quantitative estimate of drug-likeness (QED) is 0.517. The predicted molar refractivity (Wildman–Crippen MR) is 59.9 cm³/mol. The average Bonchev–Trinajstić information content (AvgIpc) is 2.26. The summed E-state index contributed by atoms with van der Waals surface area (Å²) in [4.78, 5) is 17.2. The Morgan fingerprint density at radius 1 is 1.20 bits per heavy atom. The summed E-state index contributed by atoms with van der Waals surface area (Å²) in [6.07, 6.45) is 4.20. The first-order valence-electron chi connectivity index (χ1n) is 5.95. The van der Waals surface area contributed by atoms with Gasteiger partial charge in [0.25, 0.3) is 0 Å². The first-order valence-corrected chi connectivity index (χ1v) is 5.95. The molecule has 1 aliphatic carbocycles. The molecule has 0 aliphatic heterocycles. The van der Waals surface area contributed by atoms with Gasteiger partial charge in [0, 0.05) is 18.9 Å². The molecule has 0 aromatic carbocycles. The second kappa shape index (κ2) is 5.31. The van der Waals surface area contributed by atoms with Crippen LogP contribution < -0.4 is 0 Å². The summed E-state index contributed by atoms with van der Waals surface area (Å²) in [5.74, 6) is 1.08. The summed E-state index contributed by atoms with van der Waals surface area (Å²) < 4.78 is 0.624. The Morgan fingerprint density at radius 3 is 2.27 bits per heavy atom. The third-order valence-electron chi connectivity index (χ3n) is 3.21. The third-order valence-corrected chi connectivity index (χ3v) is 3.21. The molecule has 0 unspecified atom stereocenters. The van der Waals surface area contributed by atoms with E-state index in [-0.39, 0.29) is 5.78 Å². The highest BCUT2D eigenvalue weighted by atomic mass is 16.7. The molecule has 86 valence electrons. The van der Waals surface area contributed by atoms with Gasteiger partial charge in [-0.25, -0.2) is 0 Å². The van der Waals surface area contributed by atoms with Gasteiger partial charge in [0.2, 0.25) is 0 Å². The molecule has 0 radical (unpaired) electrons. The first kappa shape index (κ1) is 12.2. The van der Waals surface area contributed by atoms with Gasteiger partial charge in [-0.3, -0.25) is 4.79 Å². The molecule has 15 heavy (non-hydrogen) atoms. The zero-order valence-electron chi connectivity index (χ0n) is 10.1. The number of ketones is 1. The van der Waals surface area contributed by atoms with Crippen LogP contribution in [0.4, 0.5) is 0 Å². The lowest BCUT2D eigenvalue weighted by molar-refractivity contribution is -1.09. The van der Waals surface area contributed by atoms with Crippen molar-refractivity contribution in [3.8, 4) is 0 Å². The zero-order chi connectivity index (χ0) is 11.3. The van der Waals surface area contributed by atoms with Crippen LogP contribution in [0.25, 0.3) is 0 Å². The van der Waals surface area contributed by atoms with Gasteiger partial charge in [-0.15, -0.1) is 4.65 Å². The molecule has 0 bridgehead atoms. The minimum Gasteiger partial charge on any atom is -0.320 e. The molecule has 0 atom stereocenters. The number of rotatable bonds is 5. The highest BCUT2D eigenvalue weighted by Crippen LogP contribution is 2.21. The second-order valence-electron chi connectivity index (χ2n) is 4.03. The van der Waals surface area contributed by atoms with Crippen molar-refractivity contribution < 1.29 is 14.3 Å². The van der Waals surface area contributed by atoms with E-state index in [1.807, 2.05) is 0 Å². The van der Waals surface area contributed by atoms with Crippen LogP contribution in [-0.2, 0) is 9.63 Å². The fourth-order valence-electron chi connectivity index (χ4n) is 1.95. The number of carbonyl (C=O) groups is 1. The lowest BCUT2D eigenvalue weighted by Crippen LogP contribution is -2.47. The number of hydrogen-bond acceptors (Lipinski definition) is 2. The van der Waals surface area contributed by atoms with Crippen LogP contribution in [0, 0.1) is 0 Å². The van der Waals surface area contributed by atoms with E-state index in [0.717, 1.165) is 38.2 Å². The van der Waals surface area contributed by atoms with E-state index in [2.05, 4.69) is 20.8 Å². The minimum absolute atomic E-state index is 0.206. The summed E-state index contributed by atoms with van der Waals surface area (Å²) in [6, 6.07) is 0. The zero-order valence-corrected chi connectivity index (χ0v) is 10.1. The Balaban J connectivity index is 2.69. The second-order valence-corrected chi connectivity index (χ2v) is 4.03. The molecule has 3 heteroatoms. The predicted octanol–water partition coefficient (Wildman–Crippen LogP) is 2.43. The van der Waals surface area contributed by atoms with Gasteiger partial charge in [-0.05, 0) is 27.2 Å². The lowest BCUT2D eigenvalue weighted by atomic mass is 10.1.